The highest BCUT2D eigenvalue weighted by Crippen LogP contribution is 2.20. The van der Waals surface area contributed by atoms with E-state index in [0.29, 0.717) is 5.56 Å². The van der Waals surface area contributed by atoms with E-state index in [1.165, 1.54) is 0 Å². The molecule has 3 nitrogen and oxygen atoms in total. The number of anilines is 1. The van der Waals surface area contributed by atoms with Gasteiger partial charge in [0, 0.05) is 12.2 Å². The van der Waals surface area contributed by atoms with E-state index in [1.807, 2.05) is 6.07 Å². The van der Waals surface area contributed by atoms with Gasteiger partial charge in [0.1, 0.15) is 0 Å². The molecule has 1 aromatic rings. The Morgan fingerprint density at radius 1 is 1.44 bits per heavy atom. The number of carboxylic acid groups (broad SMARTS) is 1. The molecule has 0 aromatic heterocycles. The highest BCUT2D eigenvalue weighted by molar-refractivity contribution is 5.88. The van der Waals surface area contributed by atoms with E-state index in [2.05, 4.69) is 26.1 Å². The van der Waals surface area contributed by atoms with Crippen LogP contribution < -0.4 is 5.32 Å². The topological polar surface area (TPSA) is 49.3 Å². The minimum Gasteiger partial charge on any atom is -0.478 e. The third kappa shape index (κ3) is 3.57. The lowest BCUT2D eigenvalue weighted by Gasteiger charge is -2.23. The van der Waals surface area contributed by atoms with Crippen LogP contribution in [0.3, 0.4) is 0 Å². The van der Waals surface area contributed by atoms with Crippen molar-refractivity contribution in [3.05, 3.63) is 29.8 Å². The molecule has 0 amide bonds. The molecule has 0 saturated heterocycles. The van der Waals surface area contributed by atoms with Crippen molar-refractivity contribution in [3.8, 4) is 0 Å². The third-order valence-corrected chi connectivity index (χ3v) is 2.84. The first-order valence-corrected chi connectivity index (χ1v) is 5.52. The summed E-state index contributed by atoms with van der Waals surface area (Å²) < 4.78 is 0. The van der Waals surface area contributed by atoms with Crippen LogP contribution in [0.1, 0.15) is 37.6 Å². The number of aromatic carboxylic acids is 1. The van der Waals surface area contributed by atoms with Crippen LogP contribution in [0.15, 0.2) is 24.3 Å². The summed E-state index contributed by atoms with van der Waals surface area (Å²) >= 11 is 0. The molecule has 0 unspecified atom stereocenters. The third-order valence-electron chi connectivity index (χ3n) is 2.84. The minimum absolute atomic E-state index is 0.221. The Labute approximate surface area is 96.5 Å². The number of benzene rings is 1. The average Bonchev–Trinajstić information content (AvgIpc) is 2.27. The van der Waals surface area contributed by atoms with Crippen molar-refractivity contribution >= 4 is 11.7 Å². The molecule has 0 radical (unpaired) electrons. The smallest absolute Gasteiger partial charge is 0.335 e. The van der Waals surface area contributed by atoms with Gasteiger partial charge in [-0.3, -0.25) is 0 Å². The molecule has 2 N–H and O–H groups in total. The van der Waals surface area contributed by atoms with Gasteiger partial charge in [0.25, 0.3) is 0 Å². The molecule has 1 rings (SSSR count). The minimum atomic E-state index is -0.890. The quantitative estimate of drug-likeness (QED) is 0.802. The van der Waals surface area contributed by atoms with Crippen LogP contribution in [-0.4, -0.2) is 17.6 Å². The first-order chi connectivity index (χ1) is 7.44. The van der Waals surface area contributed by atoms with Crippen molar-refractivity contribution in [2.75, 3.05) is 11.9 Å². The van der Waals surface area contributed by atoms with Crippen LogP contribution in [0, 0.1) is 5.41 Å². The number of carbonyl (C=O) groups is 1. The molecule has 0 saturated carbocycles. The summed E-state index contributed by atoms with van der Waals surface area (Å²) in [7, 11) is 0. The predicted molar refractivity (Wildman–Crippen MR) is 66.0 cm³/mol. The number of hydrogen-bond donors (Lipinski definition) is 2. The zero-order valence-corrected chi connectivity index (χ0v) is 10.1. The first kappa shape index (κ1) is 12.6. The summed E-state index contributed by atoms with van der Waals surface area (Å²) in [6.45, 7) is 7.35. The van der Waals surface area contributed by atoms with E-state index in [9.17, 15) is 4.79 Å². The van der Waals surface area contributed by atoms with Crippen molar-refractivity contribution in [1.82, 2.24) is 0 Å². The predicted octanol–water partition coefficient (Wildman–Crippen LogP) is 3.23. The van der Waals surface area contributed by atoms with Gasteiger partial charge >= 0.3 is 5.97 Å². The fraction of sp³-hybridized carbons (Fsp3) is 0.462. The largest absolute Gasteiger partial charge is 0.478 e. The van der Waals surface area contributed by atoms with E-state index in [-0.39, 0.29) is 5.41 Å². The Hall–Kier alpha value is -1.51. The van der Waals surface area contributed by atoms with Gasteiger partial charge in [-0.15, -0.1) is 0 Å². The molecule has 0 aliphatic rings. The van der Waals surface area contributed by atoms with Gasteiger partial charge in [-0.1, -0.05) is 26.8 Å². The van der Waals surface area contributed by atoms with E-state index >= 15 is 0 Å². The number of nitrogens with one attached hydrogen (secondary N) is 1. The number of rotatable bonds is 5. The maximum absolute atomic E-state index is 10.8. The van der Waals surface area contributed by atoms with Gasteiger partial charge in [-0.25, -0.2) is 4.79 Å². The normalized spacial score (nSPS) is 11.2. The van der Waals surface area contributed by atoms with Crippen molar-refractivity contribution in [1.29, 1.82) is 0 Å². The highest BCUT2D eigenvalue weighted by Gasteiger charge is 2.14. The summed E-state index contributed by atoms with van der Waals surface area (Å²) in [5.74, 6) is -0.890. The second kappa shape index (κ2) is 5.01. The average molecular weight is 221 g/mol. The van der Waals surface area contributed by atoms with Crippen LogP contribution in [0.5, 0.6) is 0 Å². The SMILES string of the molecule is CCC(C)(C)CNc1cccc(C(=O)O)c1. The summed E-state index contributed by atoms with van der Waals surface area (Å²) in [4.78, 5) is 10.8. The van der Waals surface area contributed by atoms with Crippen LogP contribution >= 0.6 is 0 Å². The lowest BCUT2D eigenvalue weighted by Crippen LogP contribution is -2.22. The molecule has 16 heavy (non-hydrogen) atoms. The monoisotopic (exact) mass is 221 g/mol. The van der Waals surface area contributed by atoms with Crippen LogP contribution in [-0.2, 0) is 0 Å². The second-order valence-corrected chi connectivity index (χ2v) is 4.76. The summed E-state index contributed by atoms with van der Waals surface area (Å²) in [6.07, 6.45) is 1.08. The summed E-state index contributed by atoms with van der Waals surface area (Å²) in [5, 5.41) is 12.1. The molecule has 0 atom stereocenters. The standard InChI is InChI=1S/C13H19NO2/c1-4-13(2,3)9-14-11-7-5-6-10(8-11)12(15)16/h5-8,14H,4,9H2,1-3H3,(H,15,16). The molecular weight excluding hydrogens is 202 g/mol. The van der Waals surface area contributed by atoms with Gasteiger partial charge in [-0.05, 0) is 30.0 Å². The van der Waals surface area contributed by atoms with Crippen molar-refractivity contribution in [3.63, 3.8) is 0 Å². The van der Waals surface area contributed by atoms with Gasteiger partial charge in [0.2, 0.25) is 0 Å². The number of carboxylic acids is 1. The number of hydrogen-bond acceptors (Lipinski definition) is 2. The fourth-order valence-corrected chi connectivity index (χ4v) is 1.23. The van der Waals surface area contributed by atoms with E-state index in [0.717, 1.165) is 18.7 Å². The van der Waals surface area contributed by atoms with Crippen LogP contribution in [0.2, 0.25) is 0 Å². The fourth-order valence-electron chi connectivity index (χ4n) is 1.23. The molecule has 0 aliphatic heterocycles. The van der Waals surface area contributed by atoms with Crippen LogP contribution in [0.25, 0.3) is 0 Å². The van der Waals surface area contributed by atoms with Gasteiger partial charge in [0.15, 0.2) is 0 Å². The summed E-state index contributed by atoms with van der Waals surface area (Å²) in [6, 6.07) is 6.90. The molecule has 0 aliphatic carbocycles. The first-order valence-electron chi connectivity index (χ1n) is 5.52. The highest BCUT2D eigenvalue weighted by atomic mass is 16.4. The Bertz CT molecular complexity index is 372. The lowest BCUT2D eigenvalue weighted by atomic mass is 9.90. The molecule has 0 bridgehead atoms. The van der Waals surface area contributed by atoms with Crippen molar-refractivity contribution < 1.29 is 9.90 Å². The molecule has 0 fully saturated rings. The zero-order chi connectivity index (χ0) is 12.2. The van der Waals surface area contributed by atoms with Crippen molar-refractivity contribution in [2.45, 2.75) is 27.2 Å². The van der Waals surface area contributed by atoms with E-state index in [4.69, 9.17) is 5.11 Å². The van der Waals surface area contributed by atoms with E-state index < -0.39 is 5.97 Å². The molecular formula is C13H19NO2. The van der Waals surface area contributed by atoms with Crippen LogP contribution in [0.4, 0.5) is 5.69 Å². The molecule has 0 heterocycles. The molecule has 3 heteroatoms. The van der Waals surface area contributed by atoms with Gasteiger partial charge in [-0.2, -0.15) is 0 Å². The summed E-state index contributed by atoms with van der Waals surface area (Å²) in [5.41, 5.74) is 1.40. The Morgan fingerprint density at radius 3 is 2.69 bits per heavy atom. The maximum Gasteiger partial charge on any atom is 0.335 e. The van der Waals surface area contributed by atoms with Crippen molar-refractivity contribution in [2.24, 2.45) is 5.41 Å². The molecule has 88 valence electrons. The molecule has 1 aromatic carbocycles. The molecule has 0 spiro atoms. The second-order valence-electron chi connectivity index (χ2n) is 4.76. The zero-order valence-electron chi connectivity index (χ0n) is 10.1. The Kier molecular flexibility index (Phi) is 3.93. The van der Waals surface area contributed by atoms with Gasteiger partial charge < -0.3 is 10.4 Å². The van der Waals surface area contributed by atoms with E-state index in [1.54, 1.807) is 18.2 Å². The lowest BCUT2D eigenvalue weighted by molar-refractivity contribution is 0.0697. The maximum atomic E-state index is 10.8. The van der Waals surface area contributed by atoms with Gasteiger partial charge in [0.05, 0.1) is 5.56 Å². The Balaban J connectivity index is 2.68. The Morgan fingerprint density at radius 2 is 2.12 bits per heavy atom.